The summed E-state index contributed by atoms with van der Waals surface area (Å²) in [6.07, 6.45) is 0. The van der Waals surface area contributed by atoms with E-state index in [9.17, 15) is 21.9 Å². The molecule has 1 aromatic carbocycles. The van der Waals surface area contributed by atoms with Gasteiger partial charge in [-0.3, -0.25) is 9.11 Å². The van der Waals surface area contributed by atoms with E-state index in [2.05, 4.69) is 8.37 Å². The van der Waals surface area contributed by atoms with E-state index in [0.29, 0.717) is 0 Å². The highest BCUT2D eigenvalue weighted by atomic mass is 32.3. The quantitative estimate of drug-likeness (QED) is 0.637. The lowest BCUT2D eigenvalue weighted by atomic mass is 10.3. The number of para-hydroxylation sites is 1. The van der Waals surface area contributed by atoms with Crippen molar-refractivity contribution in [2.24, 2.45) is 0 Å². The van der Waals surface area contributed by atoms with Gasteiger partial charge in [0.2, 0.25) is 5.75 Å². The molecule has 9 nitrogen and oxygen atoms in total. The third-order valence-corrected chi connectivity index (χ3v) is 2.11. The van der Waals surface area contributed by atoms with Gasteiger partial charge < -0.3 is 13.5 Å². The van der Waals surface area contributed by atoms with Crippen molar-refractivity contribution in [2.75, 3.05) is 0 Å². The van der Waals surface area contributed by atoms with Crippen molar-refractivity contribution in [3.05, 3.63) is 18.2 Å². The largest absolute Gasteiger partial charge is 0.504 e. The third kappa shape index (κ3) is 4.44. The van der Waals surface area contributed by atoms with Crippen LogP contribution in [0.4, 0.5) is 0 Å². The summed E-state index contributed by atoms with van der Waals surface area (Å²) in [5.41, 5.74) is 0. The Kier molecular flexibility index (Phi) is 3.47. The van der Waals surface area contributed by atoms with Gasteiger partial charge in [-0.25, -0.2) is 0 Å². The first-order chi connectivity index (χ1) is 7.58. The summed E-state index contributed by atoms with van der Waals surface area (Å²) in [6.45, 7) is 0. The minimum atomic E-state index is -4.99. The topological polar surface area (TPSA) is 147 Å². The summed E-state index contributed by atoms with van der Waals surface area (Å²) in [7, 11) is -9.93. The summed E-state index contributed by atoms with van der Waals surface area (Å²) in [5, 5.41) is 9.19. The molecule has 0 fully saturated rings. The van der Waals surface area contributed by atoms with Crippen LogP contribution in [0, 0.1) is 0 Å². The minimum Gasteiger partial charge on any atom is -0.504 e. The van der Waals surface area contributed by atoms with E-state index >= 15 is 0 Å². The van der Waals surface area contributed by atoms with E-state index in [1.165, 1.54) is 0 Å². The first-order valence-corrected chi connectivity index (χ1v) is 6.47. The zero-order valence-corrected chi connectivity index (χ0v) is 9.47. The molecule has 0 aliphatic heterocycles. The van der Waals surface area contributed by atoms with Gasteiger partial charge in [0.05, 0.1) is 0 Å². The summed E-state index contributed by atoms with van der Waals surface area (Å²) < 4.78 is 66.3. The van der Waals surface area contributed by atoms with Gasteiger partial charge in [0.1, 0.15) is 0 Å². The lowest BCUT2D eigenvalue weighted by molar-refractivity contribution is 0.349. The molecule has 0 unspecified atom stereocenters. The molecule has 0 spiro atoms. The standard InChI is InChI=1S/C6H6O9S2/c7-4-2-1-3-5(14-16(8,9)10)6(4)15-17(11,12)13/h1-3,7H,(H,8,9,10)(H,11,12,13). The lowest BCUT2D eigenvalue weighted by Gasteiger charge is -2.08. The van der Waals surface area contributed by atoms with E-state index in [0.717, 1.165) is 18.2 Å². The van der Waals surface area contributed by atoms with Gasteiger partial charge in [-0.15, -0.1) is 0 Å². The smallest absolute Gasteiger partial charge is 0.446 e. The number of phenols is 1. The van der Waals surface area contributed by atoms with Crippen LogP contribution >= 0.6 is 0 Å². The molecule has 0 aliphatic rings. The molecule has 0 radical (unpaired) electrons. The third-order valence-electron chi connectivity index (χ3n) is 1.34. The maximum Gasteiger partial charge on any atom is 0.446 e. The Bertz CT molecular complexity index is 615. The molecule has 96 valence electrons. The van der Waals surface area contributed by atoms with Crippen LogP contribution in [-0.4, -0.2) is 31.0 Å². The van der Waals surface area contributed by atoms with Gasteiger partial charge in [-0.1, -0.05) is 6.07 Å². The predicted octanol–water partition coefficient (Wildman–Crippen LogP) is -0.245. The summed E-state index contributed by atoms with van der Waals surface area (Å²) in [4.78, 5) is 0. The first kappa shape index (κ1) is 13.5. The Morgan fingerprint density at radius 2 is 1.47 bits per heavy atom. The molecule has 0 heterocycles. The fourth-order valence-corrected chi connectivity index (χ4v) is 1.61. The summed E-state index contributed by atoms with van der Waals surface area (Å²) >= 11 is 0. The van der Waals surface area contributed by atoms with Crippen LogP contribution in [0.5, 0.6) is 17.2 Å². The van der Waals surface area contributed by atoms with Crippen LogP contribution in [-0.2, 0) is 20.8 Å². The van der Waals surface area contributed by atoms with Crippen molar-refractivity contribution in [2.45, 2.75) is 0 Å². The second-order valence-electron chi connectivity index (χ2n) is 2.63. The zero-order chi connectivity index (χ0) is 13.3. The van der Waals surface area contributed by atoms with Crippen molar-refractivity contribution in [3.8, 4) is 17.2 Å². The monoisotopic (exact) mass is 286 g/mol. The second-order valence-corrected chi connectivity index (χ2v) is 4.67. The van der Waals surface area contributed by atoms with Gasteiger partial charge in [-0.05, 0) is 12.1 Å². The average molecular weight is 286 g/mol. The molecule has 0 saturated carbocycles. The van der Waals surface area contributed by atoms with Gasteiger partial charge in [0.25, 0.3) is 0 Å². The van der Waals surface area contributed by atoms with Crippen molar-refractivity contribution < 1.29 is 39.4 Å². The van der Waals surface area contributed by atoms with E-state index < -0.39 is 38.0 Å². The molecule has 0 amide bonds. The van der Waals surface area contributed by atoms with E-state index in [4.69, 9.17) is 9.11 Å². The molecule has 0 aliphatic carbocycles. The Labute approximate surface area is 96.1 Å². The van der Waals surface area contributed by atoms with Gasteiger partial charge in [-0.2, -0.15) is 16.8 Å². The molecule has 11 heteroatoms. The van der Waals surface area contributed by atoms with Crippen LogP contribution in [0.1, 0.15) is 0 Å². The number of rotatable bonds is 4. The highest BCUT2D eigenvalue weighted by molar-refractivity contribution is 7.81. The fraction of sp³-hybridized carbons (Fsp3) is 0. The van der Waals surface area contributed by atoms with Crippen molar-refractivity contribution in [1.82, 2.24) is 0 Å². The predicted molar refractivity (Wildman–Crippen MR) is 52.5 cm³/mol. The van der Waals surface area contributed by atoms with Crippen molar-refractivity contribution >= 4 is 20.8 Å². The zero-order valence-electron chi connectivity index (χ0n) is 7.84. The molecule has 0 atom stereocenters. The highest BCUT2D eigenvalue weighted by Gasteiger charge is 2.20. The summed E-state index contributed by atoms with van der Waals surface area (Å²) in [6, 6.07) is 2.91. The van der Waals surface area contributed by atoms with Gasteiger partial charge in [0.15, 0.2) is 11.5 Å². The minimum absolute atomic E-state index is 0.815. The average Bonchev–Trinajstić information content (AvgIpc) is 2.07. The summed E-state index contributed by atoms with van der Waals surface area (Å²) in [5.74, 6) is -2.61. The molecule has 17 heavy (non-hydrogen) atoms. The Balaban J connectivity index is 3.27. The van der Waals surface area contributed by atoms with Crippen LogP contribution in [0.25, 0.3) is 0 Å². The van der Waals surface area contributed by atoms with Crippen LogP contribution in [0.3, 0.4) is 0 Å². The Morgan fingerprint density at radius 1 is 0.941 bits per heavy atom. The van der Waals surface area contributed by atoms with Crippen molar-refractivity contribution in [1.29, 1.82) is 0 Å². The fourth-order valence-electron chi connectivity index (χ4n) is 0.872. The molecule has 1 aromatic rings. The van der Waals surface area contributed by atoms with Crippen LogP contribution in [0.15, 0.2) is 18.2 Å². The van der Waals surface area contributed by atoms with E-state index in [1.54, 1.807) is 0 Å². The SMILES string of the molecule is O=S(=O)(O)Oc1cccc(O)c1OS(=O)(=O)O. The van der Waals surface area contributed by atoms with Crippen LogP contribution in [0.2, 0.25) is 0 Å². The molecular formula is C6H6O9S2. The molecule has 0 bridgehead atoms. The van der Waals surface area contributed by atoms with Crippen LogP contribution < -0.4 is 8.37 Å². The van der Waals surface area contributed by atoms with Crippen molar-refractivity contribution in [3.63, 3.8) is 0 Å². The maximum atomic E-state index is 10.4. The lowest BCUT2D eigenvalue weighted by Crippen LogP contribution is -2.11. The normalized spacial score (nSPS) is 12.1. The highest BCUT2D eigenvalue weighted by Crippen LogP contribution is 2.37. The Hall–Kier alpha value is -1.56. The maximum absolute atomic E-state index is 10.4. The number of hydrogen-bond donors (Lipinski definition) is 3. The number of phenolic OH excluding ortho intramolecular Hbond substituents is 1. The van der Waals surface area contributed by atoms with Gasteiger partial charge >= 0.3 is 20.8 Å². The first-order valence-electron chi connectivity index (χ1n) is 3.74. The van der Waals surface area contributed by atoms with Gasteiger partial charge in [0, 0.05) is 0 Å². The number of benzene rings is 1. The molecule has 3 N–H and O–H groups in total. The Morgan fingerprint density at radius 3 is 1.94 bits per heavy atom. The second kappa shape index (κ2) is 4.37. The molecule has 0 aromatic heterocycles. The number of hydrogen-bond acceptors (Lipinski definition) is 7. The molecule has 1 rings (SSSR count). The molecular weight excluding hydrogens is 280 g/mol. The number of aromatic hydroxyl groups is 1. The molecule has 0 saturated heterocycles. The van der Waals surface area contributed by atoms with E-state index in [1.807, 2.05) is 0 Å². The van der Waals surface area contributed by atoms with E-state index in [-0.39, 0.29) is 0 Å².